The normalized spacial score (nSPS) is 26.1. The number of piperidine rings is 1. The molecule has 5 heteroatoms. The van der Waals surface area contributed by atoms with E-state index in [2.05, 4.69) is 29.4 Å². The van der Waals surface area contributed by atoms with E-state index in [1.165, 1.54) is 19.5 Å². The van der Waals surface area contributed by atoms with Crippen molar-refractivity contribution in [3.05, 3.63) is 0 Å². The zero-order valence-electron chi connectivity index (χ0n) is 14.1. The zero-order valence-corrected chi connectivity index (χ0v) is 14.1. The number of hydrogen-bond acceptors (Lipinski definition) is 3. The molecule has 21 heavy (non-hydrogen) atoms. The van der Waals surface area contributed by atoms with Crippen molar-refractivity contribution in [2.24, 2.45) is 17.8 Å². The molecule has 0 spiro atoms. The van der Waals surface area contributed by atoms with Gasteiger partial charge in [0, 0.05) is 32.3 Å². The predicted octanol–water partition coefficient (Wildman–Crippen LogP) is 1.67. The highest BCUT2D eigenvalue weighted by Crippen LogP contribution is 2.20. The summed E-state index contributed by atoms with van der Waals surface area (Å²) in [5, 5.41) is 14.8. The molecule has 1 saturated heterocycles. The van der Waals surface area contributed by atoms with Gasteiger partial charge in [0.1, 0.15) is 0 Å². The van der Waals surface area contributed by atoms with Gasteiger partial charge in [-0.15, -0.1) is 0 Å². The molecule has 4 atom stereocenters. The van der Waals surface area contributed by atoms with Crippen molar-refractivity contribution < 1.29 is 9.90 Å². The van der Waals surface area contributed by atoms with Crippen LogP contribution in [0.3, 0.4) is 0 Å². The summed E-state index contributed by atoms with van der Waals surface area (Å²) in [7, 11) is 0. The Labute approximate surface area is 129 Å². The first-order valence-corrected chi connectivity index (χ1v) is 8.30. The summed E-state index contributed by atoms with van der Waals surface area (Å²) in [5.74, 6) is 1.64. The van der Waals surface area contributed by atoms with Gasteiger partial charge in [-0.3, -0.25) is 0 Å². The number of urea groups is 1. The fourth-order valence-electron chi connectivity index (χ4n) is 3.04. The van der Waals surface area contributed by atoms with E-state index in [9.17, 15) is 4.79 Å². The molecule has 1 aliphatic heterocycles. The highest BCUT2D eigenvalue weighted by molar-refractivity contribution is 5.74. The summed E-state index contributed by atoms with van der Waals surface area (Å²) in [6.07, 6.45) is 2.31. The molecule has 1 rings (SSSR count). The van der Waals surface area contributed by atoms with Crippen LogP contribution in [0.5, 0.6) is 0 Å². The van der Waals surface area contributed by atoms with Crippen LogP contribution in [0.2, 0.25) is 0 Å². The van der Waals surface area contributed by atoms with E-state index in [0.29, 0.717) is 6.54 Å². The minimum absolute atomic E-state index is 0.0150. The quantitative estimate of drug-likeness (QED) is 0.627. The maximum atomic E-state index is 11.7. The Bertz CT molecular complexity index is 302. The number of nitrogens with one attached hydrogen (secondary N) is 2. The van der Waals surface area contributed by atoms with Gasteiger partial charge >= 0.3 is 6.03 Å². The third-order valence-corrected chi connectivity index (χ3v) is 4.38. The molecular formula is C16H33N3O2. The molecule has 124 valence electrons. The second-order valence-electron chi connectivity index (χ2n) is 6.91. The van der Waals surface area contributed by atoms with Crippen LogP contribution >= 0.6 is 0 Å². The van der Waals surface area contributed by atoms with Crippen LogP contribution in [0, 0.1) is 17.8 Å². The number of carbonyl (C=O) groups is 1. The highest BCUT2D eigenvalue weighted by atomic mass is 16.3. The topological polar surface area (TPSA) is 64.6 Å². The maximum Gasteiger partial charge on any atom is 0.315 e. The van der Waals surface area contributed by atoms with Gasteiger partial charge in [-0.2, -0.15) is 0 Å². The van der Waals surface area contributed by atoms with Crippen molar-refractivity contribution in [1.82, 2.24) is 15.5 Å². The van der Waals surface area contributed by atoms with Crippen LogP contribution in [-0.4, -0.2) is 54.9 Å². The van der Waals surface area contributed by atoms with E-state index in [1.54, 1.807) is 0 Å². The molecule has 0 radical (unpaired) electrons. The number of likely N-dealkylation sites (tertiary alicyclic amines) is 1. The van der Waals surface area contributed by atoms with Crippen LogP contribution in [0.4, 0.5) is 4.79 Å². The number of hydrogen-bond donors (Lipinski definition) is 3. The fraction of sp³-hybridized carbons (Fsp3) is 0.938. The third kappa shape index (κ3) is 7.14. The monoisotopic (exact) mass is 299 g/mol. The maximum absolute atomic E-state index is 11.7. The molecule has 0 aromatic heterocycles. The number of aliphatic hydroxyl groups is 1. The van der Waals surface area contributed by atoms with E-state index < -0.39 is 0 Å². The lowest BCUT2D eigenvalue weighted by Crippen LogP contribution is -2.45. The van der Waals surface area contributed by atoms with Crippen LogP contribution in [0.1, 0.15) is 40.5 Å². The molecule has 0 aromatic rings. The molecule has 0 bridgehead atoms. The Morgan fingerprint density at radius 2 is 1.90 bits per heavy atom. The molecule has 1 fully saturated rings. The van der Waals surface area contributed by atoms with Gasteiger partial charge in [0.15, 0.2) is 0 Å². The van der Waals surface area contributed by atoms with Crippen LogP contribution in [-0.2, 0) is 0 Å². The van der Waals surface area contributed by atoms with Crippen molar-refractivity contribution in [2.75, 3.05) is 32.8 Å². The Morgan fingerprint density at radius 1 is 1.29 bits per heavy atom. The smallest absolute Gasteiger partial charge is 0.315 e. The van der Waals surface area contributed by atoms with Crippen molar-refractivity contribution in [2.45, 2.75) is 46.6 Å². The van der Waals surface area contributed by atoms with Gasteiger partial charge in [-0.25, -0.2) is 4.79 Å². The summed E-state index contributed by atoms with van der Waals surface area (Å²) < 4.78 is 0. The molecule has 5 nitrogen and oxygen atoms in total. The van der Waals surface area contributed by atoms with Gasteiger partial charge in [0.05, 0.1) is 0 Å². The van der Waals surface area contributed by atoms with Crippen LogP contribution in [0.15, 0.2) is 0 Å². The molecule has 3 N–H and O–H groups in total. The average Bonchev–Trinajstić information content (AvgIpc) is 2.41. The van der Waals surface area contributed by atoms with Gasteiger partial charge < -0.3 is 20.6 Å². The lowest BCUT2D eigenvalue weighted by molar-refractivity contribution is 0.139. The molecule has 0 saturated carbocycles. The first-order chi connectivity index (χ1) is 9.92. The van der Waals surface area contributed by atoms with Crippen molar-refractivity contribution >= 4 is 6.03 Å². The Morgan fingerprint density at radius 3 is 2.48 bits per heavy atom. The van der Waals surface area contributed by atoms with Gasteiger partial charge in [0.25, 0.3) is 0 Å². The van der Waals surface area contributed by atoms with E-state index in [-0.39, 0.29) is 24.6 Å². The summed E-state index contributed by atoms with van der Waals surface area (Å²) in [4.78, 5) is 14.2. The van der Waals surface area contributed by atoms with Crippen molar-refractivity contribution in [1.29, 1.82) is 0 Å². The van der Waals surface area contributed by atoms with Crippen LogP contribution < -0.4 is 10.6 Å². The zero-order chi connectivity index (χ0) is 15.8. The lowest BCUT2D eigenvalue weighted by atomic mass is 9.92. The minimum atomic E-state index is -0.136. The standard InChI is InChI=1S/C16H33N3O2/c1-12-8-13(2)10-19(9-12)7-5-6-17-16(21)18-15(4)14(3)11-20/h12-15,20H,5-11H2,1-4H3,(H2,17,18,21). The number of carbonyl (C=O) groups excluding carboxylic acids is 1. The van der Waals surface area contributed by atoms with E-state index in [4.69, 9.17) is 5.11 Å². The van der Waals surface area contributed by atoms with E-state index in [0.717, 1.165) is 24.8 Å². The molecule has 0 aliphatic carbocycles. The van der Waals surface area contributed by atoms with Gasteiger partial charge in [-0.05, 0) is 44.1 Å². The Balaban J connectivity index is 2.12. The summed E-state index contributed by atoms with van der Waals surface area (Å²) in [6, 6.07) is -0.151. The second kappa shape index (κ2) is 9.26. The first kappa shape index (κ1) is 18.2. The number of nitrogens with zero attached hydrogens (tertiary/aromatic N) is 1. The summed E-state index contributed by atoms with van der Waals surface area (Å²) >= 11 is 0. The highest BCUT2D eigenvalue weighted by Gasteiger charge is 2.21. The van der Waals surface area contributed by atoms with Gasteiger partial charge in [-0.1, -0.05) is 20.8 Å². The number of amides is 2. The summed E-state index contributed by atoms with van der Waals surface area (Å²) in [6.45, 7) is 12.7. The molecule has 4 unspecified atom stereocenters. The largest absolute Gasteiger partial charge is 0.396 e. The van der Waals surface area contributed by atoms with E-state index in [1.807, 2.05) is 13.8 Å². The minimum Gasteiger partial charge on any atom is -0.396 e. The van der Waals surface area contributed by atoms with Crippen molar-refractivity contribution in [3.8, 4) is 0 Å². The Kier molecular flexibility index (Phi) is 8.04. The van der Waals surface area contributed by atoms with Crippen LogP contribution in [0.25, 0.3) is 0 Å². The van der Waals surface area contributed by atoms with Crippen molar-refractivity contribution in [3.63, 3.8) is 0 Å². The third-order valence-electron chi connectivity index (χ3n) is 4.38. The van der Waals surface area contributed by atoms with Gasteiger partial charge in [0.2, 0.25) is 0 Å². The SMILES string of the molecule is CC1CC(C)CN(CCCNC(=O)NC(C)C(C)CO)C1. The predicted molar refractivity (Wildman–Crippen MR) is 86.2 cm³/mol. The molecular weight excluding hydrogens is 266 g/mol. The first-order valence-electron chi connectivity index (χ1n) is 8.30. The second-order valence-corrected chi connectivity index (χ2v) is 6.91. The summed E-state index contributed by atoms with van der Waals surface area (Å²) in [5.41, 5.74) is 0. The molecule has 1 aliphatic rings. The average molecular weight is 299 g/mol. The fourth-order valence-corrected chi connectivity index (χ4v) is 3.04. The lowest BCUT2D eigenvalue weighted by Gasteiger charge is -2.34. The molecule has 2 amide bonds. The van der Waals surface area contributed by atoms with E-state index >= 15 is 0 Å². The number of rotatable bonds is 7. The Hall–Kier alpha value is -0.810. The number of aliphatic hydroxyl groups excluding tert-OH is 1. The molecule has 1 heterocycles. The molecule has 0 aromatic carbocycles.